The van der Waals surface area contributed by atoms with E-state index in [1.807, 2.05) is 43.0 Å². The fourth-order valence-corrected chi connectivity index (χ4v) is 2.34. The van der Waals surface area contributed by atoms with Gasteiger partial charge < -0.3 is 10.0 Å². The molecular formula is C16H19N3O2. The average Bonchev–Trinajstić information content (AvgIpc) is 2.45. The van der Waals surface area contributed by atoms with E-state index in [4.69, 9.17) is 0 Å². The fraction of sp³-hybridized carbons (Fsp3) is 0.312. The van der Waals surface area contributed by atoms with Crippen LogP contribution in [-0.2, 0) is 0 Å². The molecule has 1 aromatic carbocycles. The van der Waals surface area contributed by atoms with Gasteiger partial charge in [0.15, 0.2) is 5.82 Å². The van der Waals surface area contributed by atoms with Crippen LogP contribution in [0, 0.1) is 20.8 Å². The number of carboxylic acid groups (broad SMARTS) is 1. The summed E-state index contributed by atoms with van der Waals surface area (Å²) in [5.74, 6) is -0.588. The van der Waals surface area contributed by atoms with Crippen molar-refractivity contribution in [3.63, 3.8) is 0 Å². The molecule has 110 valence electrons. The Morgan fingerprint density at radius 2 is 1.86 bits per heavy atom. The third-order valence-corrected chi connectivity index (χ3v) is 3.63. The van der Waals surface area contributed by atoms with Gasteiger partial charge in [-0.3, -0.25) is 0 Å². The lowest BCUT2D eigenvalue weighted by atomic mass is 10.1. The molecule has 0 aliphatic carbocycles. The number of carboxylic acids is 1. The van der Waals surface area contributed by atoms with Crippen molar-refractivity contribution in [3.05, 3.63) is 46.6 Å². The first kappa shape index (κ1) is 15.0. The molecule has 0 aliphatic heterocycles. The van der Waals surface area contributed by atoms with Gasteiger partial charge in [0.1, 0.15) is 5.56 Å². The normalized spacial score (nSPS) is 10.5. The van der Waals surface area contributed by atoms with E-state index in [-0.39, 0.29) is 5.56 Å². The quantitative estimate of drug-likeness (QED) is 0.934. The van der Waals surface area contributed by atoms with Gasteiger partial charge in [-0.05, 0) is 44.9 Å². The van der Waals surface area contributed by atoms with E-state index in [0.29, 0.717) is 23.6 Å². The Labute approximate surface area is 124 Å². The number of hydrogen-bond acceptors (Lipinski definition) is 4. The maximum atomic E-state index is 11.6. The van der Waals surface area contributed by atoms with E-state index < -0.39 is 5.97 Å². The highest BCUT2D eigenvalue weighted by atomic mass is 16.4. The molecule has 0 unspecified atom stereocenters. The molecule has 5 heteroatoms. The molecule has 21 heavy (non-hydrogen) atoms. The highest BCUT2D eigenvalue weighted by Crippen LogP contribution is 2.30. The van der Waals surface area contributed by atoms with Gasteiger partial charge in [-0.25, -0.2) is 4.79 Å². The van der Waals surface area contributed by atoms with Crippen molar-refractivity contribution >= 4 is 17.5 Å². The minimum atomic E-state index is -0.979. The van der Waals surface area contributed by atoms with E-state index >= 15 is 0 Å². The van der Waals surface area contributed by atoms with E-state index in [2.05, 4.69) is 10.2 Å². The number of aromatic carboxylic acids is 1. The highest BCUT2D eigenvalue weighted by molar-refractivity contribution is 5.96. The topological polar surface area (TPSA) is 66.3 Å². The van der Waals surface area contributed by atoms with Crippen LogP contribution < -0.4 is 4.90 Å². The van der Waals surface area contributed by atoms with Crippen LogP contribution in [0.4, 0.5) is 11.5 Å². The van der Waals surface area contributed by atoms with E-state index in [1.54, 1.807) is 13.8 Å². The summed E-state index contributed by atoms with van der Waals surface area (Å²) in [5, 5.41) is 17.8. The summed E-state index contributed by atoms with van der Waals surface area (Å²) >= 11 is 0. The Morgan fingerprint density at radius 3 is 2.43 bits per heavy atom. The summed E-state index contributed by atoms with van der Waals surface area (Å²) in [5.41, 5.74) is 3.51. The number of hydrogen-bond donors (Lipinski definition) is 1. The largest absolute Gasteiger partial charge is 0.478 e. The first-order chi connectivity index (χ1) is 9.97. The smallest absolute Gasteiger partial charge is 0.339 e. The van der Waals surface area contributed by atoms with Crippen molar-refractivity contribution in [2.75, 3.05) is 11.4 Å². The van der Waals surface area contributed by atoms with Gasteiger partial charge in [0.05, 0.1) is 5.69 Å². The fourth-order valence-electron chi connectivity index (χ4n) is 2.34. The summed E-state index contributed by atoms with van der Waals surface area (Å²) in [6.45, 7) is 8.11. The summed E-state index contributed by atoms with van der Waals surface area (Å²) in [6, 6.07) is 7.84. The number of carbonyl (C=O) groups is 1. The molecule has 0 aliphatic rings. The molecule has 0 amide bonds. The molecule has 1 N–H and O–H groups in total. The molecular weight excluding hydrogens is 266 g/mol. The van der Waals surface area contributed by atoms with Crippen LogP contribution in [0.5, 0.6) is 0 Å². The van der Waals surface area contributed by atoms with Gasteiger partial charge in [0.25, 0.3) is 0 Å². The summed E-state index contributed by atoms with van der Waals surface area (Å²) in [4.78, 5) is 13.5. The van der Waals surface area contributed by atoms with Gasteiger partial charge in [0, 0.05) is 12.2 Å². The van der Waals surface area contributed by atoms with E-state index in [1.165, 1.54) is 0 Å². The zero-order chi connectivity index (χ0) is 15.6. The lowest BCUT2D eigenvalue weighted by Crippen LogP contribution is -2.23. The zero-order valence-corrected chi connectivity index (χ0v) is 12.7. The zero-order valence-electron chi connectivity index (χ0n) is 12.7. The van der Waals surface area contributed by atoms with Crippen LogP contribution in [0.3, 0.4) is 0 Å². The van der Waals surface area contributed by atoms with Gasteiger partial charge in [0.2, 0.25) is 0 Å². The first-order valence-corrected chi connectivity index (χ1v) is 6.87. The first-order valence-electron chi connectivity index (χ1n) is 6.87. The third kappa shape index (κ3) is 2.72. The molecule has 0 fully saturated rings. The molecule has 2 aromatic rings. The molecule has 0 atom stereocenters. The van der Waals surface area contributed by atoms with E-state index in [0.717, 1.165) is 11.3 Å². The number of anilines is 2. The van der Waals surface area contributed by atoms with Gasteiger partial charge in [-0.15, -0.1) is 5.10 Å². The summed E-state index contributed by atoms with van der Waals surface area (Å²) < 4.78 is 0. The predicted molar refractivity (Wildman–Crippen MR) is 82.3 cm³/mol. The SMILES string of the molecule is CCN(c1ccccc1C)c1nnc(C)c(C)c1C(=O)O. The maximum absolute atomic E-state index is 11.6. The second kappa shape index (κ2) is 5.91. The standard InChI is InChI=1S/C16H19N3O2/c1-5-19(13-9-7-6-8-10(13)2)15-14(16(20)21)11(3)12(4)17-18-15/h6-9H,5H2,1-4H3,(H,20,21). The van der Waals surface area contributed by atoms with Gasteiger partial charge in [-0.2, -0.15) is 5.10 Å². The number of nitrogens with zero attached hydrogens (tertiary/aromatic N) is 3. The van der Waals surface area contributed by atoms with Gasteiger partial charge in [-0.1, -0.05) is 18.2 Å². The molecule has 0 saturated heterocycles. The van der Waals surface area contributed by atoms with Crippen molar-refractivity contribution < 1.29 is 9.90 Å². The van der Waals surface area contributed by atoms with Gasteiger partial charge >= 0.3 is 5.97 Å². The number of rotatable bonds is 4. The minimum Gasteiger partial charge on any atom is -0.478 e. The summed E-state index contributed by atoms with van der Waals surface area (Å²) in [7, 11) is 0. The van der Waals surface area contributed by atoms with Crippen molar-refractivity contribution in [1.29, 1.82) is 0 Å². The Bertz CT molecular complexity index is 683. The second-order valence-corrected chi connectivity index (χ2v) is 4.94. The Hall–Kier alpha value is -2.43. The lowest BCUT2D eigenvalue weighted by Gasteiger charge is -2.25. The minimum absolute atomic E-state index is 0.215. The number of para-hydroxylation sites is 1. The van der Waals surface area contributed by atoms with Crippen LogP contribution in [0.25, 0.3) is 0 Å². The van der Waals surface area contributed by atoms with E-state index in [9.17, 15) is 9.90 Å². The van der Waals surface area contributed by atoms with Crippen LogP contribution >= 0.6 is 0 Å². The number of aromatic nitrogens is 2. The van der Waals surface area contributed by atoms with Crippen LogP contribution in [0.2, 0.25) is 0 Å². The molecule has 0 radical (unpaired) electrons. The van der Waals surface area contributed by atoms with Crippen molar-refractivity contribution in [2.24, 2.45) is 0 Å². The maximum Gasteiger partial charge on any atom is 0.339 e. The lowest BCUT2D eigenvalue weighted by molar-refractivity contribution is 0.0696. The molecule has 1 aromatic heterocycles. The van der Waals surface area contributed by atoms with Crippen molar-refractivity contribution in [3.8, 4) is 0 Å². The molecule has 2 rings (SSSR count). The second-order valence-electron chi connectivity index (χ2n) is 4.94. The highest BCUT2D eigenvalue weighted by Gasteiger charge is 2.23. The van der Waals surface area contributed by atoms with Crippen molar-refractivity contribution in [2.45, 2.75) is 27.7 Å². The summed E-state index contributed by atoms with van der Waals surface area (Å²) in [6.07, 6.45) is 0. The van der Waals surface area contributed by atoms with Crippen LogP contribution in [0.15, 0.2) is 24.3 Å². The Balaban J connectivity index is 2.67. The third-order valence-electron chi connectivity index (χ3n) is 3.63. The number of aryl methyl sites for hydroxylation is 2. The molecule has 0 bridgehead atoms. The molecule has 5 nitrogen and oxygen atoms in total. The Morgan fingerprint density at radius 1 is 1.19 bits per heavy atom. The predicted octanol–water partition coefficient (Wildman–Crippen LogP) is 3.26. The average molecular weight is 285 g/mol. The van der Waals surface area contributed by atoms with Crippen LogP contribution in [-0.4, -0.2) is 27.8 Å². The molecule has 0 saturated carbocycles. The number of benzene rings is 1. The molecule has 0 spiro atoms. The van der Waals surface area contributed by atoms with Crippen molar-refractivity contribution in [1.82, 2.24) is 10.2 Å². The monoisotopic (exact) mass is 285 g/mol. The Kier molecular flexibility index (Phi) is 4.21. The van der Waals surface area contributed by atoms with Crippen LogP contribution in [0.1, 0.15) is 34.1 Å². The molecule has 1 heterocycles.